The van der Waals surface area contributed by atoms with Gasteiger partial charge in [0.05, 0.1) is 8.95 Å². The van der Waals surface area contributed by atoms with Crippen molar-refractivity contribution >= 4 is 79.6 Å². The maximum atomic E-state index is 13.5. The highest BCUT2D eigenvalue weighted by Gasteiger charge is 2.17. The van der Waals surface area contributed by atoms with Crippen molar-refractivity contribution in [3.63, 3.8) is 0 Å². The lowest BCUT2D eigenvalue weighted by molar-refractivity contribution is 0.608. The molecule has 0 nitrogen and oxygen atoms in total. The van der Waals surface area contributed by atoms with Crippen molar-refractivity contribution < 1.29 is 4.39 Å². The van der Waals surface area contributed by atoms with Gasteiger partial charge in [0.1, 0.15) is 5.82 Å². The van der Waals surface area contributed by atoms with Gasteiger partial charge in [-0.05, 0) is 63.7 Å². The van der Waals surface area contributed by atoms with Crippen LogP contribution in [-0.4, -0.2) is 0 Å². The summed E-state index contributed by atoms with van der Waals surface area (Å²) in [6, 6.07) is 0. The van der Waals surface area contributed by atoms with Gasteiger partial charge in [-0.2, -0.15) is 0 Å². The van der Waals surface area contributed by atoms with Gasteiger partial charge in [-0.3, -0.25) is 0 Å². The first-order valence-electron chi connectivity index (χ1n) is 3.07. The zero-order chi connectivity index (χ0) is 10.2. The average molecular weight is 505 g/mol. The SMILES string of the molecule is Fc1c(Br)c(Br)c(Br)c(Br)c1CBr. The van der Waals surface area contributed by atoms with Crippen LogP contribution in [0.1, 0.15) is 5.56 Å². The Bertz CT molecular complexity index is 320. The molecule has 0 N–H and O–H groups in total. The zero-order valence-electron chi connectivity index (χ0n) is 5.97. The van der Waals surface area contributed by atoms with Crippen LogP contribution in [0, 0.1) is 5.82 Å². The van der Waals surface area contributed by atoms with E-state index in [4.69, 9.17) is 0 Å². The molecule has 0 aromatic heterocycles. The van der Waals surface area contributed by atoms with Crippen LogP contribution in [0.25, 0.3) is 0 Å². The lowest BCUT2D eigenvalue weighted by Crippen LogP contribution is -1.92. The number of alkyl halides is 1. The summed E-state index contributed by atoms with van der Waals surface area (Å²) in [6.07, 6.45) is 0. The van der Waals surface area contributed by atoms with Crippen molar-refractivity contribution in [3.05, 3.63) is 29.3 Å². The number of hydrogen-bond donors (Lipinski definition) is 0. The van der Waals surface area contributed by atoms with Gasteiger partial charge in [-0.25, -0.2) is 4.39 Å². The number of hydrogen-bond acceptors (Lipinski definition) is 0. The van der Waals surface area contributed by atoms with Crippen LogP contribution >= 0.6 is 79.6 Å². The Morgan fingerprint density at radius 2 is 1.31 bits per heavy atom. The second kappa shape index (κ2) is 5.05. The largest absolute Gasteiger partial charge is 0.205 e. The fourth-order valence-corrected chi connectivity index (χ4v) is 3.96. The zero-order valence-corrected chi connectivity index (χ0v) is 13.9. The van der Waals surface area contributed by atoms with Crippen molar-refractivity contribution in [2.75, 3.05) is 0 Å². The molecule has 0 radical (unpaired) electrons. The minimum absolute atomic E-state index is 0.265. The predicted octanol–water partition coefficient (Wildman–Crippen LogP) is 5.77. The van der Waals surface area contributed by atoms with Crippen LogP contribution in [0.2, 0.25) is 0 Å². The van der Waals surface area contributed by atoms with Crippen LogP contribution in [0.4, 0.5) is 4.39 Å². The fourth-order valence-electron chi connectivity index (χ4n) is 0.768. The maximum Gasteiger partial charge on any atom is 0.143 e. The molecule has 0 atom stereocenters. The van der Waals surface area contributed by atoms with Gasteiger partial charge in [0.15, 0.2) is 0 Å². The lowest BCUT2D eigenvalue weighted by atomic mass is 10.2. The highest BCUT2D eigenvalue weighted by molar-refractivity contribution is 9.15. The first kappa shape index (κ1) is 12.6. The number of rotatable bonds is 1. The average Bonchev–Trinajstić information content (AvgIpc) is 2.13. The normalized spacial score (nSPS) is 10.6. The van der Waals surface area contributed by atoms with Gasteiger partial charge in [0.25, 0.3) is 0 Å². The third-order valence-electron chi connectivity index (χ3n) is 1.43. The third-order valence-corrected chi connectivity index (χ3v) is 6.80. The Balaban J connectivity index is 3.56. The van der Waals surface area contributed by atoms with Gasteiger partial charge in [-0.1, -0.05) is 15.9 Å². The third kappa shape index (κ3) is 2.38. The molecule has 0 saturated carbocycles. The van der Waals surface area contributed by atoms with Crippen molar-refractivity contribution in [1.82, 2.24) is 0 Å². The summed E-state index contributed by atoms with van der Waals surface area (Å²) in [4.78, 5) is 0. The molecule has 1 rings (SSSR count). The Morgan fingerprint density at radius 3 is 1.77 bits per heavy atom. The standard InChI is InChI=1S/C7H2Br5F/c8-1-2-3(9)4(10)5(11)6(12)7(2)13/h1H2. The minimum Gasteiger partial charge on any atom is -0.205 e. The minimum atomic E-state index is -0.265. The second-order valence-corrected chi connectivity index (χ2v) is 5.91. The van der Waals surface area contributed by atoms with Crippen molar-refractivity contribution in [1.29, 1.82) is 0 Å². The summed E-state index contributed by atoms with van der Waals surface area (Å²) in [7, 11) is 0. The van der Waals surface area contributed by atoms with Gasteiger partial charge >= 0.3 is 0 Å². The maximum absolute atomic E-state index is 13.5. The summed E-state index contributed by atoms with van der Waals surface area (Å²) in [5.41, 5.74) is 0.585. The Hall–Kier alpha value is 1.55. The van der Waals surface area contributed by atoms with Gasteiger partial charge in [0, 0.05) is 19.8 Å². The molecule has 0 aliphatic heterocycles. The molecule has 13 heavy (non-hydrogen) atoms. The van der Waals surface area contributed by atoms with E-state index < -0.39 is 0 Å². The topological polar surface area (TPSA) is 0 Å². The number of benzene rings is 1. The monoisotopic (exact) mass is 500 g/mol. The molecular formula is C7H2Br5F. The second-order valence-electron chi connectivity index (χ2n) is 2.18. The molecule has 0 aliphatic carbocycles. The highest BCUT2D eigenvalue weighted by atomic mass is 79.9. The molecule has 1 aromatic carbocycles. The summed E-state index contributed by atoms with van der Waals surface area (Å²) >= 11 is 16.3. The molecule has 6 heteroatoms. The first-order valence-corrected chi connectivity index (χ1v) is 7.36. The van der Waals surface area contributed by atoms with Crippen LogP contribution in [0.3, 0.4) is 0 Å². The van der Waals surface area contributed by atoms with E-state index in [9.17, 15) is 4.39 Å². The van der Waals surface area contributed by atoms with Crippen molar-refractivity contribution in [3.8, 4) is 0 Å². The molecule has 72 valence electrons. The van der Waals surface area contributed by atoms with E-state index in [1.54, 1.807) is 0 Å². The van der Waals surface area contributed by atoms with Crippen molar-refractivity contribution in [2.24, 2.45) is 0 Å². The number of halogens is 6. The molecule has 1 aromatic rings. The van der Waals surface area contributed by atoms with Crippen LogP contribution in [0.5, 0.6) is 0 Å². The van der Waals surface area contributed by atoms with E-state index in [0.29, 0.717) is 19.8 Å². The highest BCUT2D eigenvalue weighted by Crippen LogP contribution is 2.41. The predicted molar refractivity (Wildman–Crippen MR) is 69.8 cm³/mol. The molecule has 0 aliphatic rings. The van der Waals surface area contributed by atoms with Crippen molar-refractivity contribution in [2.45, 2.75) is 5.33 Å². The van der Waals surface area contributed by atoms with E-state index in [0.717, 1.165) is 8.95 Å². The molecule has 0 fully saturated rings. The van der Waals surface area contributed by atoms with E-state index in [-0.39, 0.29) is 5.82 Å². The van der Waals surface area contributed by atoms with Crippen LogP contribution < -0.4 is 0 Å². The summed E-state index contributed by atoms with van der Waals surface area (Å²) in [5, 5.41) is 0.462. The van der Waals surface area contributed by atoms with E-state index in [1.807, 2.05) is 0 Å². The molecule has 0 spiro atoms. The van der Waals surface area contributed by atoms with E-state index >= 15 is 0 Å². The molecule has 0 unspecified atom stereocenters. The first-order chi connectivity index (χ1) is 6.00. The smallest absolute Gasteiger partial charge is 0.143 e. The summed E-state index contributed by atoms with van der Waals surface area (Å²) in [5.74, 6) is -0.265. The lowest BCUT2D eigenvalue weighted by Gasteiger charge is -2.09. The van der Waals surface area contributed by atoms with Gasteiger partial charge in [0.2, 0.25) is 0 Å². The molecule has 0 saturated heterocycles. The van der Waals surface area contributed by atoms with Crippen LogP contribution in [0.15, 0.2) is 17.9 Å². The molecule has 0 amide bonds. The van der Waals surface area contributed by atoms with Gasteiger partial charge < -0.3 is 0 Å². The summed E-state index contributed by atoms with van der Waals surface area (Å²) < 4.78 is 16.2. The fraction of sp³-hybridized carbons (Fsp3) is 0.143. The van der Waals surface area contributed by atoms with E-state index in [2.05, 4.69) is 79.6 Å². The summed E-state index contributed by atoms with van der Waals surface area (Å²) in [6.45, 7) is 0. The van der Waals surface area contributed by atoms with Crippen LogP contribution in [-0.2, 0) is 5.33 Å². The Kier molecular flexibility index (Phi) is 4.91. The molecule has 0 heterocycles. The molecule has 0 bridgehead atoms. The Morgan fingerprint density at radius 1 is 0.846 bits per heavy atom. The molecular weight excluding hydrogens is 503 g/mol. The quantitative estimate of drug-likeness (QED) is 0.259. The Labute approximate surface area is 117 Å². The van der Waals surface area contributed by atoms with Gasteiger partial charge in [-0.15, -0.1) is 0 Å². The van der Waals surface area contributed by atoms with E-state index in [1.165, 1.54) is 0 Å².